The Morgan fingerprint density at radius 2 is 1.70 bits per heavy atom. The maximum Gasteiger partial charge on any atom is 0.264 e. The lowest BCUT2D eigenvalue weighted by Gasteiger charge is -2.34. The van der Waals surface area contributed by atoms with E-state index in [1.807, 2.05) is 18.2 Å². The topological polar surface area (TPSA) is 61.9 Å². The Labute approximate surface area is 170 Å². The lowest BCUT2D eigenvalue weighted by atomic mass is 10.2. The molecule has 2 aromatic carbocycles. The van der Waals surface area contributed by atoms with Gasteiger partial charge >= 0.3 is 0 Å². The van der Waals surface area contributed by atoms with Crippen LogP contribution in [0, 0.1) is 0 Å². The number of anilines is 2. The van der Waals surface area contributed by atoms with Crippen molar-refractivity contribution in [2.75, 3.05) is 48.5 Å². The van der Waals surface area contributed by atoms with Crippen molar-refractivity contribution in [3.8, 4) is 5.75 Å². The second kappa shape index (κ2) is 8.14. The summed E-state index contributed by atoms with van der Waals surface area (Å²) in [5.74, 6) is 0.590. The number of nitrogens with one attached hydrogen (secondary N) is 1. The monoisotopic (exact) mass is 429 g/mol. The highest BCUT2D eigenvalue weighted by molar-refractivity contribution is 7.92. The van der Waals surface area contributed by atoms with Gasteiger partial charge in [0.2, 0.25) is 0 Å². The van der Waals surface area contributed by atoms with Crippen LogP contribution in [0.3, 0.4) is 0 Å². The molecule has 27 heavy (non-hydrogen) atoms. The maximum atomic E-state index is 13.2. The van der Waals surface area contributed by atoms with Gasteiger partial charge in [-0.3, -0.25) is 4.31 Å². The molecule has 0 aliphatic carbocycles. The van der Waals surface area contributed by atoms with Crippen LogP contribution in [0.25, 0.3) is 0 Å². The van der Waals surface area contributed by atoms with Crippen molar-refractivity contribution in [1.82, 2.24) is 5.32 Å². The predicted octanol–water partition coefficient (Wildman–Crippen LogP) is 2.76. The number of rotatable bonds is 3. The van der Waals surface area contributed by atoms with Crippen LogP contribution in [-0.4, -0.2) is 47.7 Å². The number of benzene rings is 2. The number of ether oxygens (including phenoxy) is 1. The first kappa shape index (κ1) is 20.1. The van der Waals surface area contributed by atoms with E-state index in [2.05, 4.69) is 10.2 Å². The second-order valence-electron chi connectivity index (χ2n) is 6.27. The zero-order valence-corrected chi connectivity index (χ0v) is 17.0. The minimum atomic E-state index is -3.68. The molecule has 0 amide bonds. The quantitative estimate of drug-likeness (QED) is 0.812. The van der Waals surface area contributed by atoms with E-state index in [0.29, 0.717) is 23.1 Å². The lowest BCUT2D eigenvalue weighted by molar-refractivity contribution is 0.316. The number of nitrogens with zero attached hydrogens (tertiary/aromatic N) is 2. The van der Waals surface area contributed by atoms with Crippen molar-refractivity contribution in [2.24, 2.45) is 0 Å². The van der Waals surface area contributed by atoms with Crippen molar-refractivity contribution in [3.63, 3.8) is 0 Å². The van der Waals surface area contributed by atoms with Gasteiger partial charge in [-0.25, -0.2) is 8.42 Å². The van der Waals surface area contributed by atoms with Gasteiger partial charge in [0.1, 0.15) is 12.4 Å². The molecule has 2 aliphatic heterocycles. The second-order valence-corrected chi connectivity index (χ2v) is 8.57. The normalized spacial score (nSPS) is 16.9. The van der Waals surface area contributed by atoms with Crippen molar-refractivity contribution >= 4 is 45.4 Å². The van der Waals surface area contributed by atoms with Crippen molar-refractivity contribution in [2.45, 2.75) is 4.90 Å². The van der Waals surface area contributed by atoms with E-state index in [9.17, 15) is 8.42 Å². The van der Waals surface area contributed by atoms with Crippen LogP contribution in [-0.2, 0) is 10.0 Å². The minimum absolute atomic E-state index is 0. The summed E-state index contributed by atoms with van der Waals surface area (Å²) in [6.45, 7) is 4.23. The average Bonchev–Trinajstić information content (AvgIpc) is 2.68. The molecule has 146 valence electrons. The molecular weight excluding hydrogens is 409 g/mol. The van der Waals surface area contributed by atoms with Gasteiger partial charge in [-0.1, -0.05) is 11.6 Å². The van der Waals surface area contributed by atoms with Crippen molar-refractivity contribution in [1.29, 1.82) is 0 Å². The number of hydrogen-bond donors (Lipinski definition) is 1. The Morgan fingerprint density at radius 3 is 2.41 bits per heavy atom. The van der Waals surface area contributed by atoms with E-state index in [4.69, 9.17) is 16.3 Å². The molecular formula is C18H21Cl2N3O3S. The average molecular weight is 430 g/mol. The van der Waals surface area contributed by atoms with E-state index in [1.54, 1.807) is 12.1 Å². The highest BCUT2D eigenvalue weighted by atomic mass is 35.5. The molecule has 0 saturated carbocycles. The van der Waals surface area contributed by atoms with Crippen LogP contribution in [0.5, 0.6) is 5.75 Å². The standard InChI is InChI=1S/C18H20ClN3O3S.ClH/c19-14-1-4-16(5-2-14)26(23,24)22-11-12-25-18-6-3-15(13-17(18)22)21-9-7-20-8-10-21;/h1-6,13,20H,7-12H2;1H. The largest absolute Gasteiger partial charge is 0.489 e. The summed E-state index contributed by atoms with van der Waals surface area (Å²) in [5.41, 5.74) is 1.59. The Hall–Kier alpha value is -1.67. The molecule has 0 atom stereocenters. The van der Waals surface area contributed by atoms with Gasteiger partial charge in [0.15, 0.2) is 0 Å². The molecule has 0 aromatic heterocycles. The molecule has 2 aliphatic rings. The predicted molar refractivity (Wildman–Crippen MR) is 110 cm³/mol. The molecule has 1 fully saturated rings. The molecule has 0 unspecified atom stereocenters. The SMILES string of the molecule is Cl.O=S(=O)(c1ccc(Cl)cc1)N1CCOc2ccc(N3CCNCC3)cc21. The van der Waals surface area contributed by atoms with Crippen molar-refractivity contribution < 1.29 is 13.2 Å². The molecule has 0 bridgehead atoms. The molecule has 1 saturated heterocycles. The van der Waals surface area contributed by atoms with Gasteiger partial charge in [-0.05, 0) is 42.5 Å². The summed E-state index contributed by atoms with van der Waals surface area (Å²) in [6.07, 6.45) is 0. The molecule has 9 heteroatoms. The highest BCUT2D eigenvalue weighted by Gasteiger charge is 2.30. The molecule has 1 N–H and O–H groups in total. The third kappa shape index (κ3) is 3.96. The smallest absolute Gasteiger partial charge is 0.264 e. The van der Waals surface area contributed by atoms with Crippen LogP contribution in [0.2, 0.25) is 5.02 Å². The third-order valence-electron chi connectivity index (χ3n) is 4.65. The van der Waals surface area contributed by atoms with E-state index in [1.165, 1.54) is 16.4 Å². The zero-order chi connectivity index (χ0) is 18.1. The first-order valence-corrected chi connectivity index (χ1v) is 10.4. The summed E-state index contributed by atoms with van der Waals surface area (Å²) < 4.78 is 33.4. The van der Waals surface area contributed by atoms with Crippen LogP contribution >= 0.6 is 24.0 Å². The van der Waals surface area contributed by atoms with E-state index in [-0.39, 0.29) is 23.8 Å². The summed E-state index contributed by atoms with van der Waals surface area (Å²) in [5, 5.41) is 3.83. The van der Waals surface area contributed by atoms with Gasteiger partial charge in [-0.15, -0.1) is 12.4 Å². The molecule has 2 aromatic rings. The fourth-order valence-corrected chi connectivity index (χ4v) is 4.86. The Bertz CT molecular complexity index is 901. The molecule has 0 radical (unpaired) electrons. The van der Waals surface area contributed by atoms with Gasteiger partial charge in [0.25, 0.3) is 10.0 Å². The Morgan fingerprint density at radius 1 is 1.00 bits per heavy atom. The highest BCUT2D eigenvalue weighted by Crippen LogP contribution is 2.38. The Balaban J connectivity index is 0.00000210. The number of sulfonamides is 1. The summed E-state index contributed by atoms with van der Waals surface area (Å²) in [7, 11) is -3.68. The van der Waals surface area contributed by atoms with E-state index >= 15 is 0 Å². The molecule has 6 nitrogen and oxygen atoms in total. The third-order valence-corrected chi connectivity index (χ3v) is 6.73. The van der Waals surface area contributed by atoms with Gasteiger partial charge in [0.05, 0.1) is 17.1 Å². The van der Waals surface area contributed by atoms with Crippen LogP contribution in [0.1, 0.15) is 0 Å². The van der Waals surface area contributed by atoms with E-state index in [0.717, 1.165) is 31.9 Å². The molecule has 4 rings (SSSR count). The summed E-state index contributed by atoms with van der Waals surface area (Å²) in [6, 6.07) is 12.0. The Kier molecular flexibility index (Phi) is 6.05. The first-order chi connectivity index (χ1) is 12.6. The summed E-state index contributed by atoms with van der Waals surface area (Å²) >= 11 is 5.90. The number of halogens is 2. The van der Waals surface area contributed by atoms with Crippen LogP contribution < -0.4 is 19.3 Å². The van der Waals surface area contributed by atoms with Gasteiger partial charge in [0, 0.05) is 36.9 Å². The zero-order valence-electron chi connectivity index (χ0n) is 14.6. The maximum absolute atomic E-state index is 13.2. The van der Waals surface area contributed by atoms with Gasteiger partial charge in [-0.2, -0.15) is 0 Å². The molecule has 0 spiro atoms. The van der Waals surface area contributed by atoms with Crippen LogP contribution in [0.4, 0.5) is 11.4 Å². The number of fused-ring (bicyclic) bond motifs is 1. The van der Waals surface area contributed by atoms with Crippen molar-refractivity contribution in [3.05, 3.63) is 47.5 Å². The number of hydrogen-bond acceptors (Lipinski definition) is 5. The summed E-state index contributed by atoms with van der Waals surface area (Å²) in [4.78, 5) is 2.47. The fraction of sp³-hybridized carbons (Fsp3) is 0.333. The van der Waals surface area contributed by atoms with Gasteiger partial charge < -0.3 is 15.0 Å². The number of piperazine rings is 1. The molecule has 2 heterocycles. The minimum Gasteiger partial charge on any atom is -0.489 e. The fourth-order valence-electron chi connectivity index (χ4n) is 3.28. The van der Waals surface area contributed by atoms with E-state index < -0.39 is 10.0 Å². The van der Waals surface area contributed by atoms with Crippen LogP contribution in [0.15, 0.2) is 47.4 Å². The first-order valence-electron chi connectivity index (χ1n) is 8.56. The lowest BCUT2D eigenvalue weighted by Crippen LogP contribution is -2.43.